The van der Waals surface area contributed by atoms with Gasteiger partial charge in [-0.1, -0.05) is 13.3 Å². The van der Waals surface area contributed by atoms with Crippen LogP contribution in [0, 0.1) is 0 Å². The standard InChI is InChI=1S/C25H46N4O6S/c1-5-12-33-14-16-35-17-15-34-13-8-11-26-21(30)18-29(4)22(31)10-7-6-9-20-25(3)24(2,19-36-20)27-23(32)28-25/h20H,5-19H2,1-4H3,(H,26,30)(H2,27,28,32)/t20-,24-,25+/m0/s1. The molecule has 2 saturated heterocycles. The Morgan fingerprint density at radius 3 is 2.39 bits per heavy atom. The number of amides is 4. The van der Waals surface area contributed by atoms with Crippen molar-refractivity contribution in [2.45, 2.75) is 75.6 Å². The van der Waals surface area contributed by atoms with Gasteiger partial charge in [-0.05, 0) is 39.5 Å². The minimum absolute atomic E-state index is 0.0282. The Bertz CT molecular complexity index is 714. The predicted molar refractivity (Wildman–Crippen MR) is 141 cm³/mol. The molecule has 3 N–H and O–H groups in total. The summed E-state index contributed by atoms with van der Waals surface area (Å²) in [6.45, 7) is 10.4. The van der Waals surface area contributed by atoms with Gasteiger partial charge in [0.2, 0.25) is 11.8 Å². The third-order valence-corrected chi connectivity index (χ3v) is 8.77. The fraction of sp³-hybridized carbons (Fsp3) is 0.880. The number of nitrogens with zero attached hydrogens (tertiary/aromatic N) is 1. The van der Waals surface area contributed by atoms with Gasteiger partial charge in [0.15, 0.2) is 0 Å². The molecule has 0 aliphatic carbocycles. The van der Waals surface area contributed by atoms with E-state index in [4.69, 9.17) is 14.2 Å². The van der Waals surface area contributed by atoms with Gasteiger partial charge in [-0.25, -0.2) is 4.79 Å². The van der Waals surface area contributed by atoms with Crippen molar-refractivity contribution in [3.8, 4) is 0 Å². The SMILES string of the molecule is CCCOCCOCCOCCCNC(=O)CN(C)C(=O)CCCC[C@@H]1SC[C@]2(C)NC(=O)N[C@]12C. The van der Waals surface area contributed by atoms with Crippen LogP contribution in [0.2, 0.25) is 0 Å². The van der Waals surface area contributed by atoms with Crippen LogP contribution in [0.25, 0.3) is 0 Å². The third kappa shape index (κ3) is 9.39. The summed E-state index contributed by atoms with van der Waals surface area (Å²) in [7, 11) is 1.66. The first-order chi connectivity index (χ1) is 17.2. The second kappa shape index (κ2) is 15.6. The molecule has 0 spiro atoms. The molecular formula is C25H46N4O6S. The number of carbonyl (C=O) groups excluding carboxylic acids is 3. The van der Waals surface area contributed by atoms with Crippen LogP contribution in [0.1, 0.15) is 59.3 Å². The van der Waals surface area contributed by atoms with Crippen LogP contribution in [0.3, 0.4) is 0 Å². The van der Waals surface area contributed by atoms with Crippen LogP contribution in [0.15, 0.2) is 0 Å². The summed E-state index contributed by atoms with van der Waals surface area (Å²) < 4.78 is 16.2. The van der Waals surface area contributed by atoms with Gasteiger partial charge >= 0.3 is 6.03 Å². The molecule has 11 heteroatoms. The van der Waals surface area contributed by atoms with Crippen molar-refractivity contribution in [3.05, 3.63) is 0 Å². The molecule has 3 atom stereocenters. The molecule has 2 aliphatic rings. The molecule has 2 aliphatic heterocycles. The number of rotatable bonds is 19. The maximum Gasteiger partial charge on any atom is 0.315 e. The third-order valence-electron chi connectivity index (χ3n) is 6.92. The van der Waals surface area contributed by atoms with E-state index < -0.39 is 0 Å². The lowest BCUT2D eigenvalue weighted by Crippen LogP contribution is -2.58. The van der Waals surface area contributed by atoms with Gasteiger partial charge in [-0.3, -0.25) is 9.59 Å². The van der Waals surface area contributed by atoms with Crippen LogP contribution < -0.4 is 16.0 Å². The fourth-order valence-corrected chi connectivity index (χ4v) is 6.35. The minimum Gasteiger partial charge on any atom is -0.379 e. The van der Waals surface area contributed by atoms with Crippen molar-refractivity contribution in [1.82, 2.24) is 20.9 Å². The van der Waals surface area contributed by atoms with Crippen molar-refractivity contribution in [3.63, 3.8) is 0 Å². The molecule has 0 unspecified atom stereocenters. The lowest BCUT2D eigenvalue weighted by Gasteiger charge is -2.35. The van der Waals surface area contributed by atoms with Gasteiger partial charge in [-0.2, -0.15) is 11.8 Å². The van der Waals surface area contributed by atoms with E-state index in [9.17, 15) is 14.4 Å². The summed E-state index contributed by atoms with van der Waals surface area (Å²) in [6.07, 6.45) is 4.74. The molecule has 2 fully saturated rings. The number of hydrogen-bond donors (Lipinski definition) is 3. The first-order valence-electron chi connectivity index (χ1n) is 13.2. The van der Waals surface area contributed by atoms with E-state index in [1.54, 1.807) is 7.05 Å². The van der Waals surface area contributed by atoms with E-state index in [1.807, 2.05) is 11.8 Å². The van der Waals surface area contributed by atoms with Crippen molar-refractivity contribution < 1.29 is 28.6 Å². The second-order valence-corrected chi connectivity index (χ2v) is 11.1. The summed E-state index contributed by atoms with van der Waals surface area (Å²) in [6, 6.07) is -0.0954. The lowest BCUT2D eigenvalue weighted by molar-refractivity contribution is -0.134. The molecule has 208 valence electrons. The highest BCUT2D eigenvalue weighted by Crippen LogP contribution is 2.47. The van der Waals surface area contributed by atoms with Gasteiger partial charge in [0.05, 0.1) is 44.1 Å². The van der Waals surface area contributed by atoms with Gasteiger partial charge < -0.3 is 35.1 Å². The van der Waals surface area contributed by atoms with Crippen molar-refractivity contribution in [2.75, 3.05) is 65.5 Å². The smallest absolute Gasteiger partial charge is 0.315 e. The Morgan fingerprint density at radius 2 is 1.69 bits per heavy atom. The summed E-state index contributed by atoms with van der Waals surface area (Å²) in [5, 5.41) is 9.32. The molecular weight excluding hydrogens is 484 g/mol. The zero-order valence-electron chi connectivity index (χ0n) is 22.5. The minimum atomic E-state index is -0.268. The normalized spacial score (nSPS) is 24.8. The Kier molecular flexibility index (Phi) is 13.3. The lowest BCUT2D eigenvalue weighted by atomic mass is 9.79. The molecule has 4 amide bonds. The molecule has 0 radical (unpaired) electrons. The van der Waals surface area contributed by atoms with Gasteiger partial charge in [0.1, 0.15) is 0 Å². The Morgan fingerprint density at radius 1 is 1.03 bits per heavy atom. The molecule has 2 heterocycles. The molecule has 0 aromatic heterocycles. The molecule has 0 aromatic carbocycles. The van der Waals surface area contributed by atoms with Gasteiger partial charge in [0.25, 0.3) is 0 Å². The Balaban J connectivity index is 1.46. The number of carbonyl (C=O) groups is 3. The van der Waals surface area contributed by atoms with E-state index in [0.717, 1.165) is 38.0 Å². The number of urea groups is 1. The number of thioether (sulfide) groups is 1. The maximum atomic E-state index is 12.4. The summed E-state index contributed by atoms with van der Waals surface area (Å²) in [5.41, 5.74) is -0.498. The zero-order valence-corrected chi connectivity index (χ0v) is 23.3. The van der Waals surface area contributed by atoms with E-state index >= 15 is 0 Å². The first-order valence-corrected chi connectivity index (χ1v) is 14.2. The highest BCUT2D eigenvalue weighted by molar-refractivity contribution is 8.00. The summed E-state index contributed by atoms with van der Waals surface area (Å²) in [5.74, 6) is 0.694. The van der Waals surface area contributed by atoms with Crippen molar-refractivity contribution in [1.29, 1.82) is 0 Å². The number of ether oxygens (including phenoxy) is 3. The second-order valence-electron chi connectivity index (χ2n) is 9.95. The monoisotopic (exact) mass is 530 g/mol. The zero-order chi connectivity index (χ0) is 26.4. The Hall–Kier alpha value is -1.56. The van der Waals surface area contributed by atoms with Gasteiger partial charge in [-0.15, -0.1) is 0 Å². The average molecular weight is 531 g/mol. The number of likely N-dealkylation sites (N-methyl/N-ethyl adjacent to an activating group) is 1. The largest absolute Gasteiger partial charge is 0.379 e. The van der Waals surface area contributed by atoms with E-state index in [0.29, 0.717) is 57.7 Å². The average Bonchev–Trinajstić information content (AvgIpc) is 3.20. The summed E-state index contributed by atoms with van der Waals surface area (Å²) >= 11 is 1.88. The highest BCUT2D eigenvalue weighted by Gasteiger charge is 2.60. The van der Waals surface area contributed by atoms with Crippen LogP contribution >= 0.6 is 11.8 Å². The molecule has 36 heavy (non-hydrogen) atoms. The topological polar surface area (TPSA) is 118 Å². The van der Waals surface area contributed by atoms with E-state index in [2.05, 4.69) is 36.7 Å². The molecule has 10 nitrogen and oxygen atoms in total. The van der Waals surface area contributed by atoms with E-state index in [-0.39, 0.29) is 35.5 Å². The molecule has 0 bridgehead atoms. The number of fused-ring (bicyclic) bond motifs is 1. The first kappa shape index (κ1) is 30.7. The summed E-state index contributed by atoms with van der Waals surface area (Å²) in [4.78, 5) is 37.9. The van der Waals surface area contributed by atoms with Crippen LogP contribution in [-0.4, -0.2) is 105 Å². The molecule has 0 aromatic rings. The predicted octanol–water partition coefficient (Wildman–Crippen LogP) is 1.92. The van der Waals surface area contributed by atoms with Crippen LogP contribution in [0.5, 0.6) is 0 Å². The number of unbranched alkanes of at least 4 members (excludes halogenated alkanes) is 1. The molecule has 0 saturated carbocycles. The highest BCUT2D eigenvalue weighted by atomic mass is 32.2. The number of hydrogen-bond acceptors (Lipinski definition) is 7. The quantitative estimate of drug-likeness (QED) is 0.172. The van der Waals surface area contributed by atoms with Crippen LogP contribution in [0.4, 0.5) is 4.79 Å². The van der Waals surface area contributed by atoms with E-state index in [1.165, 1.54) is 4.90 Å². The molecule has 2 rings (SSSR count). The van der Waals surface area contributed by atoms with Crippen LogP contribution in [-0.2, 0) is 23.8 Å². The Labute approximate surface area is 220 Å². The van der Waals surface area contributed by atoms with Crippen molar-refractivity contribution in [2.24, 2.45) is 0 Å². The van der Waals surface area contributed by atoms with Gasteiger partial charge in [0, 0.05) is 44.2 Å². The maximum absolute atomic E-state index is 12.4. The number of nitrogens with one attached hydrogen (secondary N) is 3. The van der Waals surface area contributed by atoms with Crippen molar-refractivity contribution >= 4 is 29.6 Å². The fourth-order valence-electron chi connectivity index (χ4n) is 4.46.